The quantitative estimate of drug-likeness (QED) is 0.330. The Morgan fingerprint density at radius 2 is 1.58 bits per heavy atom. The number of esters is 1. The maximum atomic E-state index is 13.4. The summed E-state index contributed by atoms with van der Waals surface area (Å²) in [6.07, 6.45) is 1.77. The van der Waals surface area contributed by atoms with Gasteiger partial charge in [-0.3, -0.25) is 9.78 Å². The first-order chi connectivity index (χ1) is 17.0. The van der Waals surface area contributed by atoms with Crippen molar-refractivity contribution in [3.8, 4) is 17.2 Å². The van der Waals surface area contributed by atoms with E-state index in [9.17, 15) is 9.59 Å². The van der Waals surface area contributed by atoms with Gasteiger partial charge >= 0.3 is 5.97 Å². The minimum absolute atomic E-state index is 0.0698. The number of likely N-dealkylation sites (N-methyl/N-ethyl adjacent to an activating group) is 1. The zero-order chi connectivity index (χ0) is 26.8. The summed E-state index contributed by atoms with van der Waals surface area (Å²) in [5.74, 6) is 0.391. The molecule has 2 aromatic rings. The largest absolute Gasteiger partial charge is 0.487 e. The predicted molar refractivity (Wildman–Crippen MR) is 140 cm³/mol. The molecule has 36 heavy (non-hydrogen) atoms. The Bertz CT molecular complexity index is 995. The smallest absolute Gasteiger partial charge is 0.344 e. The average molecular weight is 501 g/mol. The highest BCUT2D eigenvalue weighted by Gasteiger charge is 2.23. The first kappa shape index (κ1) is 29.1. The molecule has 2 N–H and O–H groups in total. The van der Waals surface area contributed by atoms with Gasteiger partial charge in [-0.05, 0) is 78.9 Å². The van der Waals surface area contributed by atoms with Crippen LogP contribution in [0, 0.1) is 6.92 Å². The maximum absolute atomic E-state index is 13.4. The Morgan fingerprint density at radius 3 is 2.11 bits per heavy atom. The molecular formula is C27H40N4O5. The fourth-order valence-electron chi connectivity index (χ4n) is 3.60. The summed E-state index contributed by atoms with van der Waals surface area (Å²) in [6.45, 7) is 11.0. The summed E-state index contributed by atoms with van der Waals surface area (Å²) in [7, 11) is 3.89. The van der Waals surface area contributed by atoms with E-state index < -0.39 is 5.97 Å². The van der Waals surface area contributed by atoms with Crippen molar-refractivity contribution in [1.29, 1.82) is 0 Å². The molecule has 198 valence electrons. The van der Waals surface area contributed by atoms with Crippen molar-refractivity contribution in [3.63, 3.8) is 0 Å². The van der Waals surface area contributed by atoms with Crippen molar-refractivity contribution in [3.05, 3.63) is 47.3 Å². The highest BCUT2D eigenvalue weighted by Crippen LogP contribution is 2.39. The van der Waals surface area contributed by atoms with Gasteiger partial charge in [-0.25, -0.2) is 4.79 Å². The summed E-state index contributed by atoms with van der Waals surface area (Å²) < 4.78 is 17.7. The van der Waals surface area contributed by atoms with Crippen molar-refractivity contribution >= 4 is 11.9 Å². The molecule has 0 radical (unpaired) electrons. The van der Waals surface area contributed by atoms with Crippen LogP contribution >= 0.6 is 0 Å². The van der Waals surface area contributed by atoms with E-state index >= 15 is 0 Å². The van der Waals surface area contributed by atoms with Crippen LogP contribution in [0.1, 0.15) is 49.3 Å². The van der Waals surface area contributed by atoms with Gasteiger partial charge in [-0.1, -0.05) is 6.07 Å². The number of aryl methyl sites for hydroxylation is 1. The van der Waals surface area contributed by atoms with Crippen molar-refractivity contribution < 1.29 is 23.8 Å². The van der Waals surface area contributed by atoms with E-state index in [1.54, 1.807) is 35.4 Å². The number of para-hydroxylation sites is 1. The summed E-state index contributed by atoms with van der Waals surface area (Å²) >= 11 is 0. The number of ether oxygens (including phenoxy) is 3. The van der Waals surface area contributed by atoms with Crippen LogP contribution < -0.4 is 19.9 Å². The van der Waals surface area contributed by atoms with Gasteiger partial charge in [-0.2, -0.15) is 0 Å². The normalized spacial score (nSPS) is 11.2. The Morgan fingerprint density at radius 1 is 0.972 bits per heavy atom. The fraction of sp³-hybridized carbons (Fsp3) is 0.519. The number of benzene rings is 1. The third-order valence-corrected chi connectivity index (χ3v) is 5.33. The lowest BCUT2D eigenvalue weighted by molar-refractivity contribution is -0.129. The van der Waals surface area contributed by atoms with Gasteiger partial charge in [0.15, 0.2) is 11.5 Å². The molecule has 0 unspecified atom stereocenters. The number of nitrogens with two attached hydrogens (primary N) is 1. The minimum Gasteiger partial charge on any atom is -0.487 e. The zero-order valence-corrected chi connectivity index (χ0v) is 22.5. The molecule has 1 amide bonds. The van der Waals surface area contributed by atoms with Crippen molar-refractivity contribution in [2.45, 2.75) is 53.2 Å². The van der Waals surface area contributed by atoms with Gasteiger partial charge < -0.3 is 29.7 Å². The van der Waals surface area contributed by atoms with E-state index in [1.165, 1.54) is 0 Å². The van der Waals surface area contributed by atoms with Crippen LogP contribution in [-0.2, 0) is 11.2 Å². The number of nitrogens with zero attached hydrogens (tertiary/aromatic N) is 3. The Kier molecular flexibility index (Phi) is 11.1. The first-order valence-electron chi connectivity index (χ1n) is 12.3. The van der Waals surface area contributed by atoms with Crippen LogP contribution in [0.3, 0.4) is 0 Å². The summed E-state index contributed by atoms with van der Waals surface area (Å²) in [5.41, 5.74) is 7.42. The molecular weight excluding hydrogens is 460 g/mol. The molecule has 0 aliphatic carbocycles. The van der Waals surface area contributed by atoms with Crippen molar-refractivity contribution in [2.24, 2.45) is 5.73 Å². The molecule has 0 bridgehead atoms. The van der Waals surface area contributed by atoms with Crippen LogP contribution in [0.4, 0.5) is 0 Å². The van der Waals surface area contributed by atoms with Crippen LogP contribution in [0.2, 0.25) is 0 Å². The number of amides is 1. The van der Waals surface area contributed by atoms with E-state index in [0.717, 1.165) is 5.56 Å². The van der Waals surface area contributed by atoms with E-state index in [1.807, 2.05) is 53.6 Å². The van der Waals surface area contributed by atoms with E-state index in [-0.39, 0.29) is 30.4 Å². The van der Waals surface area contributed by atoms with Gasteiger partial charge in [0, 0.05) is 31.5 Å². The molecule has 1 heterocycles. The number of hydrogen-bond donors (Lipinski definition) is 1. The first-order valence-corrected chi connectivity index (χ1v) is 12.3. The average Bonchev–Trinajstić information content (AvgIpc) is 2.80. The number of aromatic nitrogens is 1. The summed E-state index contributed by atoms with van der Waals surface area (Å²) in [5, 5.41) is 0. The van der Waals surface area contributed by atoms with Gasteiger partial charge in [0.05, 0.1) is 24.3 Å². The van der Waals surface area contributed by atoms with Gasteiger partial charge in [0.1, 0.15) is 0 Å². The lowest BCUT2D eigenvalue weighted by atomic mass is 10.0. The highest BCUT2D eigenvalue weighted by molar-refractivity contribution is 5.93. The summed E-state index contributed by atoms with van der Waals surface area (Å²) in [6, 6.07) is 6.92. The standard InChI is InChI=1S/C27H40N4O5/c1-18(2)34-23-9-8-10-24(35-19(3)4)26(23)36-27(33)22-11-13-29-20(5)21(22)12-14-31(25(32)17-28)16-15-30(6)7/h8-11,13,18-19H,12,14-17,28H2,1-7H3. The van der Waals surface area contributed by atoms with Crippen LogP contribution in [0.15, 0.2) is 30.5 Å². The molecule has 9 heteroatoms. The van der Waals surface area contributed by atoms with Gasteiger partial charge in [0.25, 0.3) is 0 Å². The monoisotopic (exact) mass is 500 g/mol. The van der Waals surface area contributed by atoms with Crippen molar-refractivity contribution in [1.82, 2.24) is 14.8 Å². The second-order valence-electron chi connectivity index (χ2n) is 9.37. The van der Waals surface area contributed by atoms with Crippen LogP contribution in [-0.4, -0.2) is 79.1 Å². The Hall–Kier alpha value is -3.17. The molecule has 0 fully saturated rings. The van der Waals surface area contributed by atoms with Crippen LogP contribution in [0.5, 0.6) is 17.2 Å². The van der Waals surface area contributed by atoms with Gasteiger partial charge in [0.2, 0.25) is 11.7 Å². The molecule has 0 saturated heterocycles. The Balaban J connectivity index is 2.35. The predicted octanol–water partition coefficient (Wildman–Crippen LogP) is 3.08. The molecule has 0 saturated carbocycles. The second kappa shape index (κ2) is 13.8. The molecule has 0 spiro atoms. The molecule has 2 rings (SSSR count). The molecule has 9 nitrogen and oxygen atoms in total. The Labute approximate surface area is 214 Å². The third-order valence-electron chi connectivity index (χ3n) is 5.33. The number of rotatable bonds is 13. The topological polar surface area (TPSA) is 107 Å². The molecule has 1 aromatic carbocycles. The van der Waals surface area contributed by atoms with E-state index in [4.69, 9.17) is 19.9 Å². The SMILES string of the molecule is Cc1nccc(C(=O)Oc2c(OC(C)C)cccc2OC(C)C)c1CCN(CCN(C)C)C(=O)CN. The molecule has 1 aromatic heterocycles. The fourth-order valence-corrected chi connectivity index (χ4v) is 3.60. The van der Waals surface area contributed by atoms with Crippen molar-refractivity contribution in [2.75, 3.05) is 40.3 Å². The number of hydrogen-bond acceptors (Lipinski definition) is 8. The number of carbonyl (C=O) groups is 2. The lowest BCUT2D eigenvalue weighted by Gasteiger charge is -2.24. The van der Waals surface area contributed by atoms with E-state index in [2.05, 4.69) is 4.98 Å². The maximum Gasteiger partial charge on any atom is 0.344 e. The minimum atomic E-state index is -0.547. The van der Waals surface area contributed by atoms with E-state index in [0.29, 0.717) is 48.8 Å². The molecule has 0 atom stereocenters. The summed E-state index contributed by atoms with van der Waals surface area (Å²) in [4.78, 5) is 33.9. The second-order valence-corrected chi connectivity index (χ2v) is 9.37. The lowest BCUT2D eigenvalue weighted by Crippen LogP contribution is -2.41. The third kappa shape index (κ3) is 8.49. The number of pyridine rings is 1. The van der Waals surface area contributed by atoms with Gasteiger partial charge in [-0.15, -0.1) is 0 Å². The highest BCUT2D eigenvalue weighted by atomic mass is 16.6. The number of carbonyl (C=O) groups excluding carboxylic acids is 2. The van der Waals surface area contributed by atoms with Crippen LogP contribution in [0.25, 0.3) is 0 Å². The zero-order valence-electron chi connectivity index (χ0n) is 22.5. The molecule has 0 aliphatic rings. The molecule has 0 aliphatic heterocycles.